The van der Waals surface area contributed by atoms with Crippen molar-refractivity contribution >= 4 is 17.9 Å². The van der Waals surface area contributed by atoms with Crippen molar-refractivity contribution in [1.29, 1.82) is 0 Å². The number of hydrogen-bond acceptors (Lipinski definition) is 4. The largest absolute Gasteiger partial charge is 0.447 e. The van der Waals surface area contributed by atoms with Crippen LogP contribution in [0.3, 0.4) is 0 Å². The monoisotopic (exact) mass is 365 g/mol. The predicted molar refractivity (Wildman–Crippen MR) is 96.4 cm³/mol. The highest BCUT2D eigenvalue weighted by molar-refractivity contribution is 5.83. The van der Waals surface area contributed by atoms with Gasteiger partial charge in [0.2, 0.25) is 11.8 Å². The number of hydrogen-bond donors (Lipinski definition) is 0. The number of carbonyl (C=O) groups is 3. The van der Waals surface area contributed by atoms with Gasteiger partial charge in [0.1, 0.15) is 13.2 Å². The third kappa shape index (κ3) is 4.30. The third-order valence-corrected chi connectivity index (χ3v) is 6.03. The smallest absolute Gasteiger partial charge is 0.410 e. The van der Waals surface area contributed by atoms with Gasteiger partial charge in [-0.15, -0.1) is 0 Å². The zero-order valence-corrected chi connectivity index (χ0v) is 16.0. The highest BCUT2D eigenvalue weighted by Gasteiger charge is 2.37. The second kappa shape index (κ2) is 8.27. The van der Waals surface area contributed by atoms with Crippen LogP contribution < -0.4 is 0 Å². The van der Waals surface area contributed by atoms with E-state index < -0.39 is 0 Å². The first-order chi connectivity index (χ1) is 12.5. The topological polar surface area (TPSA) is 70.2 Å². The van der Waals surface area contributed by atoms with Gasteiger partial charge in [-0.2, -0.15) is 0 Å². The first-order valence-corrected chi connectivity index (χ1v) is 9.94. The first-order valence-electron chi connectivity index (χ1n) is 9.94. The summed E-state index contributed by atoms with van der Waals surface area (Å²) in [6, 6.07) is -0.0120. The maximum Gasteiger partial charge on any atom is 0.410 e. The molecule has 3 amide bonds. The van der Waals surface area contributed by atoms with Crippen LogP contribution >= 0.6 is 0 Å². The van der Waals surface area contributed by atoms with Crippen molar-refractivity contribution in [3.63, 3.8) is 0 Å². The molecule has 146 valence electrons. The summed E-state index contributed by atoms with van der Waals surface area (Å²) in [5.41, 5.74) is 0. The fourth-order valence-corrected chi connectivity index (χ4v) is 4.19. The molecule has 7 nitrogen and oxygen atoms in total. The van der Waals surface area contributed by atoms with E-state index >= 15 is 0 Å². The molecule has 3 saturated heterocycles. The minimum Gasteiger partial charge on any atom is -0.447 e. The Morgan fingerprint density at radius 3 is 2.54 bits per heavy atom. The fraction of sp³-hybridized carbons (Fsp3) is 0.842. The van der Waals surface area contributed by atoms with Crippen LogP contribution in [-0.2, 0) is 14.3 Å². The average Bonchev–Trinajstić information content (AvgIpc) is 3.19. The lowest BCUT2D eigenvalue weighted by Gasteiger charge is -2.34. The number of carbonyl (C=O) groups excluding carboxylic acids is 3. The molecule has 0 aromatic heterocycles. The van der Waals surface area contributed by atoms with Crippen molar-refractivity contribution in [1.82, 2.24) is 14.7 Å². The fourth-order valence-electron chi connectivity index (χ4n) is 4.19. The molecule has 0 saturated carbocycles. The van der Waals surface area contributed by atoms with Gasteiger partial charge >= 0.3 is 6.09 Å². The van der Waals surface area contributed by atoms with Gasteiger partial charge in [0.05, 0.1) is 6.04 Å². The van der Waals surface area contributed by atoms with Crippen molar-refractivity contribution in [3.05, 3.63) is 0 Å². The molecular weight excluding hydrogens is 334 g/mol. The molecule has 0 aromatic rings. The lowest BCUT2D eigenvalue weighted by molar-refractivity contribution is -0.133. The Labute approximate surface area is 155 Å². The molecule has 0 radical (unpaired) electrons. The normalized spacial score (nSPS) is 24.7. The molecule has 26 heavy (non-hydrogen) atoms. The zero-order chi connectivity index (χ0) is 18.7. The van der Waals surface area contributed by atoms with E-state index in [0.29, 0.717) is 18.9 Å². The van der Waals surface area contributed by atoms with Crippen LogP contribution in [-0.4, -0.2) is 78.0 Å². The Morgan fingerprint density at radius 2 is 1.92 bits per heavy atom. The van der Waals surface area contributed by atoms with Crippen LogP contribution in [0.15, 0.2) is 0 Å². The van der Waals surface area contributed by atoms with Gasteiger partial charge in [0.15, 0.2) is 0 Å². The number of rotatable bonds is 6. The quantitative estimate of drug-likeness (QED) is 0.719. The summed E-state index contributed by atoms with van der Waals surface area (Å²) in [7, 11) is 0. The Bertz CT molecular complexity index is 543. The van der Waals surface area contributed by atoms with Crippen LogP contribution in [0.1, 0.15) is 46.0 Å². The minimum atomic E-state index is -0.373. The van der Waals surface area contributed by atoms with Gasteiger partial charge in [-0.1, -0.05) is 13.8 Å². The second-order valence-electron chi connectivity index (χ2n) is 8.11. The summed E-state index contributed by atoms with van der Waals surface area (Å²) in [4.78, 5) is 41.6. The van der Waals surface area contributed by atoms with Crippen LogP contribution in [0.25, 0.3) is 0 Å². The molecule has 0 spiro atoms. The van der Waals surface area contributed by atoms with Gasteiger partial charge in [0.25, 0.3) is 0 Å². The van der Waals surface area contributed by atoms with Crippen LogP contribution in [0.2, 0.25) is 0 Å². The van der Waals surface area contributed by atoms with Gasteiger partial charge in [-0.05, 0) is 37.5 Å². The zero-order valence-electron chi connectivity index (χ0n) is 16.0. The lowest BCUT2D eigenvalue weighted by atomic mass is 9.93. The van der Waals surface area contributed by atoms with Crippen molar-refractivity contribution < 1.29 is 19.1 Å². The maximum atomic E-state index is 12.6. The lowest BCUT2D eigenvalue weighted by Crippen LogP contribution is -2.47. The van der Waals surface area contributed by atoms with E-state index in [1.807, 2.05) is 23.6 Å². The van der Waals surface area contributed by atoms with E-state index in [1.54, 1.807) is 4.90 Å². The van der Waals surface area contributed by atoms with E-state index in [9.17, 15) is 14.4 Å². The van der Waals surface area contributed by atoms with Crippen LogP contribution in [0, 0.1) is 11.8 Å². The molecule has 3 rings (SSSR count). The number of nitrogens with zero attached hydrogens (tertiary/aromatic N) is 3. The van der Waals surface area contributed by atoms with Crippen molar-refractivity contribution in [3.8, 4) is 0 Å². The summed E-state index contributed by atoms with van der Waals surface area (Å²) >= 11 is 0. The number of ether oxygens (including phenoxy) is 1. The summed E-state index contributed by atoms with van der Waals surface area (Å²) < 4.78 is 5.12. The van der Waals surface area contributed by atoms with Crippen LogP contribution in [0.4, 0.5) is 4.79 Å². The van der Waals surface area contributed by atoms with Crippen molar-refractivity contribution in [2.24, 2.45) is 11.8 Å². The molecule has 3 fully saturated rings. The van der Waals surface area contributed by atoms with E-state index in [4.69, 9.17) is 4.74 Å². The highest BCUT2D eigenvalue weighted by atomic mass is 16.6. The molecule has 3 aliphatic rings. The molecule has 7 heteroatoms. The standard InChI is InChI=1S/C19H31N3O4/c1-14(2)16-13-26-19(25)22(16)12-18(24)21-10-6-15(7-11-21)5-9-20-8-3-4-17(20)23/h14-16H,3-13H2,1-2H3/t16-/m1/s1. The van der Waals surface area contributed by atoms with Crippen LogP contribution in [0.5, 0.6) is 0 Å². The summed E-state index contributed by atoms with van der Waals surface area (Å²) in [6.45, 7) is 7.82. The van der Waals surface area contributed by atoms with Gasteiger partial charge in [-0.3, -0.25) is 14.5 Å². The molecular formula is C19H31N3O4. The highest BCUT2D eigenvalue weighted by Crippen LogP contribution is 2.24. The predicted octanol–water partition coefficient (Wildman–Crippen LogP) is 1.71. The summed E-state index contributed by atoms with van der Waals surface area (Å²) in [5, 5.41) is 0. The van der Waals surface area contributed by atoms with Crippen molar-refractivity contribution in [2.45, 2.75) is 52.0 Å². The number of piperidine rings is 1. The third-order valence-electron chi connectivity index (χ3n) is 6.03. The maximum absolute atomic E-state index is 12.6. The molecule has 0 N–H and O–H groups in total. The number of amides is 3. The second-order valence-corrected chi connectivity index (χ2v) is 8.11. The first kappa shape index (κ1) is 19.0. The Morgan fingerprint density at radius 1 is 1.19 bits per heavy atom. The molecule has 0 unspecified atom stereocenters. The Balaban J connectivity index is 1.42. The summed E-state index contributed by atoms with van der Waals surface area (Å²) in [5.74, 6) is 1.15. The van der Waals surface area contributed by atoms with E-state index in [2.05, 4.69) is 0 Å². The average molecular weight is 365 g/mol. The summed E-state index contributed by atoms with van der Waals surface area (Å²) in [6.07, 6.45) is 4.30. The number of likely N-dealkylation sites (tertiary alicyclic amines) is 2. The minimum absolute atomic E-state index is 0.0120. The van der Waals surface area contributed by atoms with E-state index in [-0.39, 0.29) is 36.4 Å². The molecule has 0 aliphatic carbocycles. The van der Waals surface area contributed by atoms with Gasteiger partial charge < -0.3 is 14.5 Å². The van der Waals surface area contributed by atoms with Crippen molar-refractivity contribution in [2.75, 3.05) is 39.3 Å². The molecule has 3 heterocycles. The molecule has 0 bridgehead atoms. The van der Waals surface area contributed by atoms with E-state index in [1.165, 1.54) is 0 Å². The van der Waals surface area contributed by atoms with E-state index in [0.717, 1.165) is 51.9 Å². The van der Waals surface area contributed by atoms with Gasteiger partial charge in [-0.25, -0.2) is 4.79 Å². The molecule has 3 aliphatic heterocycles. The molecule has 1 atom stereocenters. The number of cyclic esters (lactones) is 1. The SMILES string of the molecule is CC(C)[C@H]1COC(=O)N1CC(=O)N1CCC(CCN2CCCC2=O)CC1. The Kier molecular flexibility index (Phi) is 6.04. The van der Waals surface area contributed by atoms with Gasteiger partial charge in [0, 0.05) is 32.6 Å². The molecule has 0 aromatic carbocycles. The Hall–Kier alpha value is -1.79.